The van der Waals surface area contributed by atoms with Gasteiger partial charge in [-0.25, -0.2) is 0 Å². The fraction of sp³-hybridized carbons (Fsp3) is 0.333. The van der Waals surface area contributed by atoms with E-state index in [0.29, 0.717) is 49.9 Å². The van der Waals surface area contributed by atoms with E-state index < -0.39 is 0 Å². The third-order valence-corrected chi connectivity index (χ3v) is 5.24. The quantitative estimate of drug-likeness (QED) is 0.620. The second kappa shape index (κ2) is 11.1. The van der Waals surface area contributed by atoms with Crippen molar-refractivity contribution in [2.24, 2.45) is 11.7 Å². The first-order valence-corrected chi connectivity index (χ1v) is 9.51. The van der Waals surface area contributed by atoms with Crippen LogP contribution in [0.2, 0.25) is 0 Å². The zero-order valence-corrected chi connectivity index (χ0v) is 18.0. The molecule has 2 N–H and O–H groups in total. The van der Waals surface area contributed by atoms with Crippen LogP contribution >= 0.6 is 24.8 Å². The Labute approximate surface area is 187 Å². The summed E-state index contributed by atoms with van der Waals surface area (Å²) in [7, 11) is 0. The SMILES string of the molecule is Cl.Cl.NC[C@@H]1CN(C(=O)CCc2nc(-c3ccccn3)no2)C[C@H]1c1ccccc1. The van der Waals surface area contributed by atoms with Crippen LogP contribution < -0.4 is 5.73 Å². The van der Waals surface area contributed by atoms with E-state index in [0.717, 1.165) is 0 Å². The molecule has 0 radical (unpaired) electrons. The highest BCUT2D eigenvalue weighted by atomic mass is 35.5. The first-order chi connectivity index (χ1) is 13.7. The molecule has 0 saturated carbocycles. The topological polar surface area (TPSA) is 98.1 Å². The van der Waals surface area contributed by atoms with E-state index in [9.17, 15) is 4.79 Å². The van der Waals surface area contributed by atoms with Crippen LogP contribution in [0.4, 0.5) is 0 Å². The van der Waals surface area contributed by atoms with Crippen LogP contribution in [0.1, 0.15) is 23.8 Å². The summed E-state index contributed by atoms with van der Waals surface area (Å²) in [5.74, 6) is 1.55. The van der Waals surface area contributed by atoms with Crippen molar-refractivity contribution >= 4 is 30.7 Å². The maximum absolute atomic E-state index is 12.7. The number of aromatic nitrogens is 3. The number of hydrogen-bond acceptors (Lipinski definition) is 6. The number of carbonyl (C=O) groups excluding carboxylic acids is 1. The molecule has 7 nitrogen and oxygen atoms in total. The summed E-state index contributed by atoms with van der Waals surface area (Å²) in [4.78, 5) is 23.2. The lowest BCUT2D eigenvalue weighted by Gasteiger charge is -2.16. The van der Waals surface area contributed by atoms with Crippen LogP contribution in [0.3, 0.4) is 0 Å². The normalized spacial score (nSPS) is 17.8. The summed E-state index contributed by atoms with van der Waals surface area (Å²) < 4.78 is 5.27. The highest BCUT2D eigenvalue weighted by Gasteiger charge is 2.35. The lowest BCUT2D eigenvalue weighted by molar-refractivity contribution is -0.130. The number of carbonyl (C=O) groups is 1. The number of rotatable bonds is 6. The molecular formula is C21H25Cl2N5O2. The number of benzene rings is 1. The van der Waals surface area contributed by atoms with E-state index >= 15 is 0 Å². The predicted molar refractivity (Wildman–Crippen MR) is 119 cm³/mol. The van der Waals surface area contributed by atoms with E-state index in [1.54, 1.807) is 6.20 Å². The monoisotopic (exact) mass is 449 g/mol. The van der Waals surface area contributed by atoms with Gasteiger partial charge < -0.3 is 15.2 Å². The molecule has 30 heavy (non-hydrogen) atoms. The van der Waals surface area contributed by atoms with Crippen molar-refractivity contribution in [3.8, 4) is 11.5 Å². The van der Waals surface area contributed by atoms with Gasteiger partial charge in [-0.2, -0.15) is 4.98 Å². The van der Waals surface area contributed by atoms with Gasteiger partial charge in [0.15, 0.2) is 0 Å². The Morgan fingerprint density at radius 2 is 1.87 bits per heavy atom. The first kappa shape index (κ1) is 23.8. The number of halogens is 2. The molecule has 4 rings (SSSR count). The zero-order valence-electron chi connectivity index (χ0n) is 16.4. The molecule has 1 amide bonds. The Balaban J connectivity index is 0.00000160. The van der Waals surface area contributed by atoms with Gasteiger partial charge in [0.1, 0.15) is 5.69 Å². The highest BCUT2D eigenvalue weighted by Crippen LogP contribution is 2.32. The molecule has 9 heteroatoms. The fourth-order valence-electron chi connectivity index (χ4n) is 3.72. The van der Waals surface area contributed by atoms with E-state index in [4.69, 9.17) is 10.3 Å². The van der Waals surface area contributed by atoms with Gasteiger partial charge in [-0.3, -0.25) is 9.78 Å². The number of pyridine rings is 1. The zero-order chi connectivity index (χ0) is 19.3. The van der Waals surface area contributed by atoms with Crippen molar-refractivity contribution in [3.63, 3.8) is 0 Å². The summed E-state index contributed by atoms with van der Waals surface area (Å²) in [6.07, 6.45) is 2.43. The second-order valence-electron chi connectivity index (χ2n) is 7.04. The summed E-state index contributed by atoms with van der Waals surface area (Å²) in [5.41, 5.74) is 7.86. The molecule has 0 unspecified atom stereocenters. The molecule has 2 aromatic heterocycles. The summed E-state index contributed by atoms with van der Waals surface area (Å²) >= 11 is 0. The number of hydrogen-bond donors (Lipinski definition) is 1. The average molecular weight is 450 g/mol. The largest absolute Gasteiger partial charge is 0.342 e. The van der Waals surface area contributed by atoms with Gasteiger partial charge in [0.05, 0.1) is 0 Å². The van der Waals surface area contributed by atoms with Crippen molar-refractivity contribution in [1.29, 1.82) is 0 Å². The number of nitrogens with zero attached hydrogens (tertiary/aromatic N) is 4. The van der Waals surface area contributed by atoms with Crippen molar-refractivity contribution in [3.05, 3.63) is 66.2 Å². The molecule has 160 valence electrons. The standard InChI is InChI=1S/C21H23N5O2.2ClH/c22-12-16-13-26(14-17(16)15-6-2-1-3-7-15)20(27)10-9-19-24-21(25-28-19)18-8-4-5-11-23-18;;/h1-8,11,16-17H,9-10,12-14,22H2;2*1H/t16-,17+;;/m1../s1. The molecule has 2 atom stereocenters. The Morgan fingerprint density at radius 3 is 2.57 bits per heavy atom. The molecule has 1 aliphatic heterocycles. The maximum Gasteiger partial charge on any atom is 0.227 e. The molecule has 0 aliphatic carbocycles. The Bertz CT molecular complexity index is 923. The minimum atomic E-state index is 0. The fourth-order valence-corrected chi connectivity index (χ4v) is 3.72. The summed E-state index contributed by atoms with van der Waals surface area (Å²) in [5, 5.41) is 3.95. The molecule has 1 aliphatic rings. The average Bonchev–Trinajstić information content (AvgIpc) is 3.40. The Hall–Kier alpha value is -2.48. The smallest absolute Gasteiger partial charge is 0.227 e. The van der Waals surface area contributed by atoms with Gasteiger partial charge in [0.2, 0.25) is 17.6 Å². The minimum Gasteiger partial charge on any atom is -0.342 e. The van der Waals surface area contributed by atoms with Crippen molar-refractivity contribution in [2.75, 3.05) is 19.6 Å². The molecule has 0 spiro atoms. The third-order valence-electron chi connectivity index (χ3n) is 5.24. The van der Waals surface area contributed by atoms with Crippen LogP contribution in [0.5, 0.6) is 0 Å². The molecular weight excluding hydrogens is 425 g/mol. The number of likely N-dealkylation sites (tertiary alicyclic amines) is 1. The highest BCUT2D eigenvalue weighted by molar-refractivity contribution is 5.85. The van der Waals surface area contributed by atoms with Gasteiger partial charge in [0, 0.05) is 38.0 Å². The van der Waals surface area contributed by atoms with Crippen molar-refractivity contribution in [1.82, 2.24) is 20.0 Å². The molecule has 3 aromatic rings. The van der Waals surface area contributed by atoms with E-state index in [1.165, 1.54) is 5.56 Å². The van der Waals surface area contributed by atoms with Crippen LogP contribution in [-0.4, -0.2) is 45.6 Å². The lowest BCUT2D eigenvalue weighted by Crippen LogP contribution is -2.30. The van der Waals surface area contributed by atoms with Crippen LogP contribution in [0, 0.1) is 5.92 Å². The molecule has 0 bridgehead atoms. The second-order valence-corrected chi connectivity index (χ2v) is 7.04. The Kier molecular flexibility index (Phi) is 8.77. The summed E-state index contributed by atoms with van der Waals surface area (Å²) in [6, 6.07) is 15.8. The number of aryl methyl sites for hydroxylation is 1. The minimum absolute atomic E-state index is 0. The lowest BCUT2D eigenvalue weighted by atomic mass is 9.89. The van der Waals surface area contributed by atoms with E-state index in [1.807, 2.05) is 41.3 Å². The summed E-state index contributed by atoms with van der Waals surface area (Å²) in [6.45, 7) is 1.96. The van der Waals surface area contributed by atoms with Gasteiger partial charge in [-0.15, -0.1) is 24.8 Å². The van der Waals surface area contributed by atoms with Gasteiger partial charge in [0.25, 0.3) is 0 Å². The van der Waals surface area contributed by atoms with Crippen molar-refractivity contribution < 1.29 is 9.32 Å². The van der Waals surface area contributed by atoms with Gasteiger partial charge in [-0.1, -0.05) is 41.6 Å². The molecule has 1 saturated heterocycles. The van der Waals surface area contributed by atoms with Gasteiger partial charge in [-0.05, 0) is 30.2 Å². The van der Waals surface area contributed by atoms with Crippen LogP contribution in [0.15, 0.2) is 59.3 Å². The number of amides is 1. The van der Waals surface area contributed by atoms with Gasteiger partial charge >= 0.3 is 0 Å². The van der Waals surface area contributed by atoms with E-state index in [-0.39, 0.29) is 42.6 Å². The molecule has 1 aromatic carbocycles. The predicted octanol–water partition coefficient (Wildman–Crippen LogP) is 3.11. The van der Waals surface area contributed by atoms with E-state index in [2.05, 4.69) is 27.3 Å². The third kappa shape index (κ3) is 5.36. The number of nitrogens with two attached hydrogens (primary N) is 1. The van der Waals surface area contributed by atoms with Crippen molar-refractivity contribution in [2.45, 2.75) is 18.8 Å². The van der Waals surface area contributed by atoms with Crippen LogP contribution in [0.25, 0.3) is 11.5 Å². The molecule has 1 fully saturated rings. The maximum atomic E-state index is 12.7. The molecule has 3 heterocycles. The first-order valence-electron chi connectivity index (χ1n) is 9.51. The Morgan fingerprint density at radius 1 is 1.10 bits per heavy atom. The van der Waals surface area contributed by atoms with Crippen LogP contribution in [-0.2, 0) is 11.2 Å².